The maximum absolute atomic E-state index is 12.7. The number of rotatable bonds is 4. The van der Waals surface area contributed by atoms with E-state index in [9.17, 15) is 9.59 Å². The molecule has 0 saturated carbocycles. The van der Waals surface area contributed by atoms with Gasteiger partial charge in [0.05, 0.1) is 5.56 Å². The molecule has 3 aliphatic rings. The fourth-order valence-electron chi connectivity index (χ4n) is 3.81. The van der Waals surface area contributed by atoms with Crippen LogP contribution in [-0.2, 0) is 0 Å². The standard InChI is InChI=1S/C19H24N4O2S/c1-12(2)16-9-20-19(26-16)23-10-14(3-4-17(23)24)18(25)21-15-11-22-7-5-13(15)6-8-22/h3-4,9-10,12-13,15H,5-8,11H2,1-2H3,(H,21,25)/t15-/m0/s1. The lowest BCUT2D eigenvalue weighted by Crippen LogP contribution is -2.57. The van der Waals surface area contributed by atoms with Gasteiger partial charge in [-0.1, -0.05) is 13.8 Å². The van der Waals surface area contributed by atoms with Gasteiger partial charge in [-0.25, -0.2) is 4.98 Å². The summed E-state index contributed by atoms with van der Waals surface area (Å²) in [6.45, 7) is 7.41. The Bertz CT molecular complexity index is 864. The van der Waals surface area contributed by atoms with Crippen LogP contribution < -0.4 is 10.9 Å². The fourth-order valence-corrected chi connectivity index (χ4v) is 4.70. The van der Waals surface area contributed by atoms with Crippen LogP contribution in [0.1, 0.15) is 47.8 Å². The molecule has 3 aliphatic heterocycles. The lowest BCUT2D eigenvalue weighted by molar-refractivity contribution is 0.0620. The summed E-state index contributed by atoms with van der Waals surface area (Å²) in [7, 11) is 0. The fraction of sp³-hybridized carbons (Fsp3) is 0.526. The van der Waals surface area contributed by atoms with E-state index in [0.717, 1.165) is 37.4 Å². The van der Waals surface area contributed by atoms with E-state index >= 15 is 0 Å². The van der Waals surface area contributed by atoms with Crippen molar-refractivity contribution < 1.29 is 4.79 Å². The molecule has 3 saturated heterocycles. The number of nitrogens with zero attached hydrogens (tertiary/aromatic N) is 3. The number of carbonyl (C=O) groups excluding carboxylic acids is 1. The average Bonchev–Trinajstić information content (AvgIpc) is 3.13. The maximum atomic E-state index is 12.7. The van der Waals surface area contributed by atoms with Gasteiger partial charge in [-0.05, 0) is 43.8 Å². The number of aromatic nitrogens is 2. The van der Waals surface area contributed by atoms with Gasteiger partial charge in [-0.15, -0.1) is 11.3 Å². The number of amides is 1. The quantitative estimate of drug-likeness (QED) is 0.894. The third kappa shape index (κ3) is 3.33. The molecule has 7 heteroatoms. The first kappa shape index (κ1) is 17.4. The van der Waals surface area contributed by atoms with Gasteiger partial charge in [0.25, 0.3) is 11.5 Å². The molecule has 2 aromatic rings. The summed E-state index contributed by atoms with van der Waals surface area (Å²) in [4.78, 5) is 32.9. The molecule has 0 aliphatic carbocycles. The molecular formula is C19H24N4O2S. The largest absolute Gasteiger partial charge is 0.348 e. The van der Waals surface area contributed by atoms with Crippen molar-refractivity contribution in [1.29, 1.82) is 0 Å². The Hall–Kier alpha value is -1.99. The van der Waals surface area contributed by atoms with Crippen molar-refractivity contribution >= 4 is 17.2 Å². The van der Waals surface area contributed by atoms with Gasteiger partial charge >= 0.3 is 0 Å². The van der Waals surface area contributed by atoms with Gasteiger partial charge in [-0.3, -0.25) is 14.2 Å². The van der Waals surface area contributed by atoms with Crippen LogP contribution in [0.4, 0.5) is 0 Å². The molecule has 3 fully saturated rings. The molecule has 6 nitrogen and oxygen atoms in total. The van der Waals surface area contributed by atoms with Crippen LogP contribution in [0.25, 0.3) is 5.13 Å². The number of nitrogens with one attached hydrogen (secondary N) is 1. The number of pyridine rings is 1. The molecule has 0 aromatic carbocycles. The van der Waals surface area contributed by atoms with Crippen molar-refractivity contribution in [3.05, 3.63) is 45.3 Å². The molecule has 0 spiro atoms. The summed E-state index contributed by atoms with van der Waals surface area (Å²) in [6.07, 6.45) is 5.72. The minimum absolute atomic E-state index is 0.113. The zero-order chi connectivity index (χ0) is 18.3. The Balaban J connectivity index is 1.55. The van der Waals surface area contributed by atoms with Crippen molar-refractivity contribution in [3.8, 4) is 5.13 Å². The minimum atomic E-state index is -0.172. The Morgan fingerprint density at radius 1 is 1.31 bits per heavy atom. The Morgan fingerprint density at radius 2 is 2.08 bits per heavy atom. The third-order valence-corrected chi connectivity index (χ3v) is 6.73. The van der Waals surface area contributed by atoms with Crippen LogP contribution in [0, 0.1) is 5.92 Å². The van der Waals surface area contributed by atoms with E-state index in [1.54, 1.807) is 18.5 Å². The average molecular weight is 372 g/mol. The van der Waals surface area contributed by atoms with Crippen LogP contribution in [0.2, 0.25) is 0 Å². The highest BCUT2D eigenvalue weighted by Gasteiger charge is 2.35. The zero-order valence-corrected chi connectivity index (χ0v) is 16.0. The summed E-state index contributed by atoms with van der Waals surface area (Å²) in [5.74, 6) is 0.820. The molecule has 138 valence electrons. The Morgan fingerprint density at radius 3 is 2.69 bits per heavy atom. The summed E-state index contributed by atoms with van der Waals surface area (Å²) in [5.41, 5.74) is 0.330. The molecular weight excluding hydrogens is 348 g/mol. The number of piperidine rings is 3. The van der Waals surface area contributed by atoms with E-state index in [4.69, 9.17) is 0 Å². The zero-order valence-electron chi connectivity index (χ0n) is 15.1. The van der Waals surface area contributed by atoms with Crippen molar-refractivity contribution in [1.82, 2.24) is 19.8 Å². The van der Waals surface area contributed by atoms with Crippen LogP contribution in [0.5, 0.6) is 0 Å². The number of fused-ring (bicyclic) bond motifs is 3. The first-order chi connectivity index (χ1) is 12.5. The molecule has 1 N–H and O–H groups in total. The van der Waals surface area contributed by atoms with Gasteiger partial charge < -0.3 is 10.2 Å². The van der Waals surface area contributed by atoms with Crippen molar-refractivity contribution in [3.63, 3.8) is 0 Å². The van der Waals surface area contributed by atoms with Crippen molar-refractivity contribution in [2.45, 2.75) is 38.6 Å². The SMILES string of the molecule is CC(C)c1cnc(-n2cc(C(=O)N[C@H]3CN4CCC3CC4)ccc2=O)s1. The molecule has 1 atom stereocenters. The lowest BCUT2D eigenvalue weighted by Gasteiger charge is -2.44. The number of hydrogen-bond acceptors (Lipinski definition) is 5. The van der Waals surface area contributed by atoms with Crippen molar-refractivity contribution in [2.75, 3.05) is 19.6 Å². The second kappa shape index (κ2) is 6.96. The van der Waals surface area contributed by atoms with E-state index in [1.165, 1.54) is 22.0 Å². The summed E-state index contributed by atoms with van der Waals surface area (Å²) < 4.78 is 1.47. The second-order valence-corrected chi connectivity index (χ2v) is 8.58. The highest BCUT2D eigenvalue weighted by atomic mass is 32.1. The Labute approximate surface area is 156 Å². The first-order valence-corrected chi connectivity index (χ1v) is 10.0. The molecule has 2 aromatic heterocycles. The maximum Gasteiger partial charge on any atom is 0.256 e. The first-order valence-electron chi connectivity index (χ1n) is 9.23. The highest BCUT2D eigenvalue weighted by molar-refractivity contribution is 7.14. The molecule has 0 unspecified atom stereocenters. The van der Waals surface area contributed by atoms with Crippen LogP contribution in [0.15, 0.2) is 29.3 Å². The third-order valence-electron chi connectivity index (χ3n) is 5.43. The molecule has 0 radical (unpaired) electrons. The van der Waals surface area contributed by atoms with E-state index in [1.807, 2.05) is 0 Å². The number of carbonyl (C=O) groups is 1. The predicted molar refractivity (Wildman–Crippen MR) is 102 cm³/mol. The Kier molecular flexibility index (Phi) is 4.67. The number of hydrogen-bond donors (Lipinski definition) is 1. The van der Waals surface area contributed by atoms with E-state index in [0.29, 0.717) is 22.5 Å². The van der Waals surface area contributed by atoms with E-state index in [-0.39, 0.29) is 17.5 Å². The van der Waals surface area contributed by atoms with Crippen LogP contribution >= 0.6 is 11.3 Å². The molecule has 26 heavy (non-hydrogen) atoms. The summed E-state index contributed by atoms with van der Waals surface area (Å²) in [5, 5.41) is 3.78. The smallest absolute Gasteiger partial charge is 0.256 e. The van der Waals surface area contributed by atoms with E-state index in [2.05, 4.69) is 29.0 Å². The van der Waals surface area contributed by atoms with Crippen LogP contribution in [0.3, 0.4) is 0 Å². The van der Waals surface area contributed by atoms with Gasteiger partial charge in [0, 0.05) is 35.9 Å². The van der Waals surface area contributed by atoms with Gasteiger partial charge in [0.2, 0.25) is 0 Å². The molecule has 5 heterocycles. The predicted octanol–water partition coefficient (Wildman–Crippen LogP) is 2.24. The summed E-state index contributed by atoms with van der Waals surface area (Å²) in [6, 6.07) is 3.26. The van der Waals surface area contributed by atoms with Gasteiger partial charge in [-0.2, -0.15) is 0 Å². The molecule has 1 amide bonds. The molecule has 5 rings (SSSR count). The van der Waals surface area contributed by atoms with Gasteiger partial charge in [0.1, 0.15) is 0 Å². The van der Waals surface area contributed by atoms with E-state index < -0.39 is 0 Å². The lowest BCUT2D eigenvalue weighted by atomic mass is 9.84. The summed E-state index contributed by atoms with van der Waals surface area (Å²) >= 11 is 1.49. The normalized spacial score (nSPS) is 24.8. The minimum Gasteiger partial charge on any atom is -0.348 e. The second-order valence-electron chi connectivity index (χ2n) is 7.54. The number of thiazole rings is 1. The van der Waals surface area contributed by atoms with Crippen LogP contribution in [-0.4, -0.2) is 46.0 Å². The molecule has 2 bridgehead atoms. The topological polar surface area (TPSA) is 67.2 Å². The van der Waals surface area contributed by atoms with Crippen molar-refractivity contribution in [2.24, 2.45) is 5.92 Å². The van der Waals surface area contributed by atoms with Gasteiger partial charge in [0.15, 0.2) is 5.13 Å². The monoisotopic (exact) mass is 372 g/mol. The highest BCUT2D eigenvalue weighted by Crippen LogP contribution is 2.28.